The summed E-state index contributed by atoms with van der Waals surface area (Å²) in [4.78, 5) is 118. The van der Waals surface area contributed by atoms with Crippen LogP contribution in [-0.2, 0) is 74.9 Å². The number of aromatic nitrogens is 10. The minimum absolute atomic E-state index is 0.0136. The Labute approximate surface area is 827 Å². The van der Waals surface area contributed by atoms with Crippen LogP contribution in [0.4, 0.5) is 23.3 Å². The molecule has 0 bridgehead atoms. The zero-order valence-electron chi connectivity index (χ0n) is 81.1. The Kier molecular flexibility index (Phi) is 40.8. The van der Waals surface area contributed by atoms with Crippen molar-refractivity contribution in [3.63, 3.8) is 0 Å². The number of hydrogen-bond acceptors (Lipinski definition) is 31. The van der Waals surface area contributed by atoms with Crippen molar-refractivity contribution in [1.29, 1.82) is 0 Å². The van der Waals surface area contributed by atoms with E-state index in [2.05, 4.69) is 78.4 Å². The standard InChI is InChI=1S/C34H39N3O7S.C33H38N2O8S.C22H29N7O4.C14H14N6O/c1-23-21-26(33(39)36-18-11-5-4-10-17-35-25(3)38)22-24(2)32(23)44-34(40)31-27-13-6-8-15-29(27)37(19-12-20-45(41,42)43)30-16-9-7-14-28(30)31;1-4-16-41-18-19-42-17-14-34-32(36)25-21-23(2)31(24(3)22-25)43-33(37)30-26-10-5-7-12-28(26)35(15-9-20-44(38,39)40)29-13-8-6-11-27(29)30;1-15(24-7-8-32-11-12-33-10-9-31-2)16-3-5-17(6-4-16)25-13-18-14-26-20-19(27-18)21(30)29-22(23)28-20;1-8-2-4-9(5-3-8)16-6-10-7-17-12-11(18-10)13(21)20-14(15)19-12/h6-9,13-16,21-22H,4-5,10-12,17-20H2,1-3H3,(H2-,35,36,38,39,41,42,43);5-8,10-13,21-22H,4,9,14-20H2,1-3H3,(H-,34,36,38,39,40);3-6,14,24-25H,1,7-13H2,2H3,(H3,23,26,28,29,30);2-5,7,16H,6H2,1H3,(H3,15,17,19,20,21). The fraction of sp³-hybridized carbons (Fsp3) is 0.330. The van der Waals surface area contributed by atoms with Gasteiger partial charge in [-0.05, 0) is 154 Å². The van der Waals surface area contributed by atoms with E-state index in [4.69, 9.17) is 44.6 Å². The second-order valence-corrected chi connectivity index (χ2v) is 36.4. The number of carbonyl (C=O) groups excluding carboxylic acids is 5. The number of benzene rings is 8. The van der Waals surface area contributed by atoms with Gasteiger partial charge in [0.25, 0.3) is 22.9 Å². The van der Waals surface area contributed by atoms with Gasteiger partial charge in [-0.15, -0.1) is 0 Å². The SMILES string of the molecule is C=C(NCCOCCOCCOC)c1ccc(NCc2cnc3nc(N)[nH]c(=O)c3n2)cc1.CC(=O)NCCCCCCNC(=O)c1cc(C)c(OC(=O)c2c3ccccc3[n+](CCCS(=O)(=O)[O-])c3ccccc23)c(C)c1.CCCOCCOCCNC(=O)c1cc(C)c(OC(=O)c2c3ccccc3[n+](CCCS(=O)(=O)[O-])c3ccccc23)c(C)c1.Cc1ccc(NCc2cnc3nc(N)[nH]c(=O)c3n2)cc1. The number of aromatic amines is 2. The first-order valence-corrected chi connectivity index (χ1v) is 49.8. The number of nitrogens with two attached hydrogens (primary N) is 2. The second-order valence-electron chi connectivity index (χ2n) is 33.4. The van der Waals surface area contributed by atoms with E-state index in [1.807, 2.05) is 169 Å². The molecule has 143 heavy (non-hydrogen) atoms. The van der Waals surface area contributed by atoms with Crippen LogP contribution >= 0.6 is 0 Å². The minimum atomic E-state index is -4.36. The molecule has 14 aromatic rings. The van der Waals surface area contributed by atoms with E-state index in [-0.39, 0.29) is 83.4 Å². The van der Waals surface area contributed by atoms with Crippen LogP contribution in [-0.4, -0.2) is 200 Å². The number of ether oxygens (including phenoxy) is 7. The van der Waals surface area contributed by atoms with Crippen molar-refractivity contribution >= 4 is 145 Å². The van der Waals surface area contributed by atoms with Gasteiger partial charge < -0.3 is 85.6 Å². The van der Waals surface area contributed by atoms with Gasteiger partial charge in [0.15, 0.2) is 35.4 Å². The number of aryl methyl sites for hydroxylation is 7. The number of fused-ring (bicyclic) bond motifs is 6. The van der Waals surface area contributed by atoms with E-state index in [9.17, 15) is 59.5 Å². The Hall–Kier alpha value is -14.8. The van der Waals surface area contributed by atoms with Crippen LogP contribution in [0.5, 0.6) is 11.5 Å². The zero-order valence-corrected chi connectivity index (χ0v) is 82.8. The van der Waals surface area contributed by atoms with Crippen molar-refractivity contribution in [3.8, 4) is 11.5 Å². The number of esters is 2. The molecule has 0 aliphatic carbocycles. The molecule has 0 saturated heterocycles. The summed E-state index contributed by atoms with van der Waals surface area (Å²) in [5.41, 5.74) is 24.2. The first-order chi connectivity index (χ1) is 68.7. The van der Waals surface area contributed by atoms with Crippen LogP contribution in [0.15, 0.2) is 198 Å². The normalized spacial score (nSPS) is 11.3. The molecule has 0 saturated carbocycles. The Morgan fingerprint density at radius 2 is 0.804 bits per heavy atom. The van der Waals surface area contributed by atoms with Gasteiger partial charge in [-0.2, -0.15) is 19.1 Å². The van der Waals surface area contributed by atoms with E-state index in [0.29, 0.717) is 210 Å². The van der Waals surface area contributed by atoms with Gasteiger partial charge in [0, 0.05) is 124 Å². The number of rotatable bonds is 46. The lowest BCUT2D eigenvalue weighted by molar-refractivity contribution is -0.645. The lowest BCUT2D eigenvalue weighted by Gasteiger charge is -2.15. The Bertz CT molecular complexity index is 7040. The molecule has 0 unspecified atom stereocenters. The van der Waals surface area contributed by atoms with Crippen molar-refractivity contribution in [2.45, 2.75) is 120 Å². The van der Waals surface area contributed by atoms with Gasteiger partial charge in [0.2, 0.25) is 39.9 Å². The first kappa shape index (κ1) is 109. The number of carbonyl (C=O) groups is 5. The summed E-state index contributed by atoms with van der Waals surface area (Å²) >= 11 is 0. The number of anilines is 4. The summed E-state index contributed by atoms with van der Waals surface area (Å²) < 4.78 is 110. The molecule has 0 aliphatic rings. The molecule has 12 N–H and O–H groups in total. The minimum Gasteiger partial charge on any atom is -0.748 e. The highest BCUT2D eigenvalue weighted by molar-refractivity contribution is 7.85. The van der Waals surface area contributed by atoms with E-state index in [1.165, 1.54) is 12.5 Å². The van der Waals surface area contributed by atoms with Crippen LogP contribution < -0.4 is 73.1 Å². The summed E-state index contributed by atoms with van der Waals surface area (Å²) in [5, 5.41) is 20.8. The highest BCUT2D eigenvalue weighted by Gasteiger charge is 2.30. The molecule has 3 amide bonds. The van der Waals surface area contributed by atoms with Gasteiger partial charge in [-0.25, -0.2) is 46.4 Å². The number of pyridine rings is 2. The summed E-state index contributed by atoms with van der Waals surface area (Å²) in [6.45, 7) is 25.3. The molecule has 0 radical (unpaired) electrons. The van der Waals surface area contributed by atoms with E-state index in [0.717, 1.165) is 54.7 Å². The average Bonchev–Trinajstić information content (AvgIpc) is 0.747. The van der Waals surface area contributed by atoms with E-state index in [1.54, 1.807) is 71.5 Å². The Morgan fingerprint density at radius 1 is 0.441 bits per heavy atom. The highest BCUT2D eigenvalue weighted by atomic mass is 32.2. The third kappa shape index (κ3) is 32.7. The van der Waals surface area contributed by atoms with Gasteiger partial charge >= 0.3 is 11.9 Å². The lowest BCUT2D eigenvalue weighted by Crippen LogP contribution is -2.37. The fourth-order valence-electron chi connectivity index (χ4n) is 15.5. The monoisotopic (exact) mass is 1990 g/mol. The lowest BCUT2D eigenvalue weighted by atomic mass is 10.0. The maximum atomic E-state index is 13.9. The molecule has 0 fully saturated rings. The van der Waals surface area contributed by atoms with E-state index >= 15 is 0 Å². The van der Waals surface area contributed by atoms with Crippen LogP contribution in [0.1, 0.15) is 145 Å². The summed E-state index contributed by atoms with van der Waals surface area (Å²) in [5.74, 6) is -1.78. The molecule has 0 aliphatic heterocycles. The Balaban J connectivity index is 0.000000188. The summed E-state index contributed by atoms with van der Waals surface area (Å²) in [6, 6.07) is 51.8. The third-order valence-electron chi connectivity index (χ3n) is 22.3. The second kappa shape index (κ2) is 53.8. The first-order valence-electron chi connectivity index (χ1n) is 46.7. The molecule has 6 aromatic heterocycles. The molecule has 14 rings (SSSR count). The number of H-pyrrole nitrogens is 2. The predicted octanol–water partition coefficient (Wildman–Crippen LogP) is 11.1. The molecule has 0 atom stereocenters. The van der Waals surface area contributed by atoms with Gasteiger partial charge in [0.05, 0.1) is 143 Å². The number of amides is 3. The molecule has 6 heterocycles. The number of nitrogen functional groups attached to an aromatic ring is 2. The third-order valence-corrected chi connectivity index (χ3v) is 23.8. The zero-order chi connectivity index (χ0) is 103. The number of nitrogens with zero attached hydrogens (tertiary/aromatic N) is 8. The number of unbranched alkanes of at least 4 members (excludes halogenated alkanes) is 3. The smallest absolute Gasteiger partial charge is 0.345 e. The molecule has 754 valence electrons. The van der Waals surface area contributed by atoms with Crippen LogP contribution in [0.25, 0.3) is 71.6 Å². The molecular formula is C103H120N18O20S2. The van der Waals surface area contributed by atoms with Crippen molar-refractivity contribution in [2.75, 3.05) is 126 Å². The highest BCUT2D eigenvalue weighted by Crippen LogP contribution is 2.34. The largest absolute Gasteiger partial charge is 0.748 e. The topological polar surface area (TPSA) is 539 Å². The van der Waals surface area contributed by atoms with Crippen molar-refractivity contribution in [2.24, 2.45) is 0 Å². The van der Waals surface area contributed by atoms with Gasteiger partial charge in [-0.1, -0.05) is 105 Å². The summed E-state index contributed by atoms with van der Waals surface area (Å²) in [7, 11) is -7.07. The quantitative estimate of drug-likeness (QED) is 0.00423. The van der Waals surface area contributed by atoms with Gasteiger partial charge in [-0.3, -0.25) is 33.9 Å². The van der Waals surface area contributed by atoms with E-state index < -0.39 is 49.2 Å². The van der Waals surface area contributed by atoms with Crippen molar-refractivity contribution in [1.82, 2.24) is 61.1 Å². The maximum absolute atomic E-state index is 13.9. The molecule has 38 nitrogen and oxygen atoms in total. The predicted molar refractivity (Wildman–Crippen MR) is 545 cm³/mol. The Morgan fingerprint density at radius 3 is 1.20 bits per heavy atom. The number of nitrogens with one attached hydrogen (secondary N) is 8. The number of para-hydroxylation sites is 4. The number of methoxy groups -OCH3 is 1. The molecule has 0 spiro atoms. The average molecular weight is 1990 g/mol. The van der Waals surface area contributed by atoms with Crippen LogP contribution in [0, 0.1) is 34.6 Å². The summed E-state index contributed by atoms with van der Waals surface area (Å²) in [6.07, 6.45) is 8.00. The molecular weight excluding hydrogens is 1870 g/mol. The maximum Gasteiger partial charge on any atom is 0.345 e. The molecule has 40 heteroatoms. The van der Waals surface area contributed by atoms with Crippen molar-refractivity contribution < 1.29 is 92.2 Å². The van der Waals surface area contributed by atoms with Crippen LogP contribution in [0.3, 0.4) is 0 Å². The molecule has 8 aromatic carbocycles. The van der Waals surface area contributed by atoms with Crippen LogP contribution in [0.2, 0.25) is 0 Å². The van der Waals surface area contributed by atoms with Gasteiger partial charge in [0.1, 0.15) is 11.5 Å². The fourth-order valence-corrected chi connectivity index (χ4v) is 16.5. The number of hydrogen-bond donors (Lipinski definition) is 10. The van der Waals surface area contributed by atoms with Crippen molar-refractivity contribution in [3.05, 3.63) is 277 Å².